The molecule has 0 radical (unpaired) electrons. The van der Waals surface area contributed by atoms with Crippen molar-refractivity contribution in [2.45, 2.75) is 44.9 Å². The third-order valence-corrected chi connectivity index (χ3v) is 8.02. The molecule has 3 rings (SSSR count). The molecule has 32 heavy (non-hydrogen) atoms. The maximum Gasteiger partial charge on any atom is 0.423 e. The largest absolute Gasteiger partial charge is 0.445 e. The first-order valence-corrected chi connectivity index (χ1v) is 11.7. The minimum absolute atomic E-state index is 0.237. The number of rotatable bonds is 7. The van der Waals surface area contributed by atoms with Crippen molar-refractivity contribution in [3.63, 3.8) is 0 Å². The van der Waals surface area contributed by atoms with E-state index in [0.29, 0.717) is 21.6 Å². The van der Waals surface area contributed by atoms with E-state index < -0.39 is 38.1 Å². The molecule has 1 aliphatic rings. The minimum atomic E-state index is -5.13. The van der Waals surface area contributed by atoms with Crippen molar-refractivity contribution >= 4 is 13.7 Å². The summed E-state index contributed by atoms with van der Waals surface area (Å²) in [7, 11) is -4.91. The molecule has 0 N–H and O–H groups in total. The average Bonchev–Trinajstić information content (AvgIpc) is 2.76. The molecule has 0 aliphatic carbocycles. The Morgan fingerprint density at radius 2 is 1.56 bits per heavy atom. The summed E-state index contributed by atoms with van der Waals surface area (Å²) in [5, 5.41) is -3.23. The number of carbonyl (C=O) groups is 1. The van der Waals surface area contributed by atoms with Gasteiger partial charge in [0.2, 0.25) is 5.28 Å². The van der Waals surface area contributed by atoms with E-state index in [1.54, 1.807) is 48.5 Å². The van der Waals surface area contributed by atoms with Crippen molar-refractivity contribution < 1.29 is 36.3 Å². The second-order valence-electron chi connectivity index (χ2n) is 7.22. The van der Waals surface area contributed by atoms with Crippen LogP contribution in [0.4, 0.5) is 18.0 Å². The molecule has 2 aromatic rings. The van der Waals surface area contributed by atoms with E-state index in [1.165, 1.54) is 19.9 Å². The van der Waals surface area contributed by atoms with Gasteiger partial charge in [-0.05, 0) is 30.5 Å². The molecule has 0 saturated carbocycles. The van der Waals surface area contributed by atoms with Crippen molar-refractivity contribution in [3.8, 4) is 0 Å². The van der Waals surface area contributed by atoms with E-state index in [2.05, 4.69) is 0 Å². The van der Waals surface area contributed by atoms with Gasteiger partial charge in [-0.15, -0.1) is 0 Å². The second-order valence-corrected chi connectivity index (χ2v) is 9.47. The van der Waals surface area contributed by atoms with Gasteiger partial charge in [0.1, 0.15) is 6.61 Å². The van der Waals surface area contributed by atoms with Gasteiger partial charge in [0.15, 0.2) is 0 Å². The van der Waals surface area contributed by atoms with Gasteiger partial charge in [0, 0.05) is 6.42 Å². The lowest BCUT2D eigenvalue weighted by atomic mass is 9.93. The lowest BCUT2D eigenvalue weighted by Gasteiger charge is -2.49. The predicted octanol–water partition coefficient (Wildman–Crippen LogP) is 5.91. The number of carbonyl (C=O) groups excluding carboxylic acids is 1. The highest BCUT2D eigenvalue weighted by Gasteiger charge is 2.73. The van der Waals surface area contributed by atoms with E-state index in [-0.39, 0.29) is 19.8 Å². The monoisotopic (exact) mass is 471 g/mol. The van der Waals surface area contributed by atoms with Gasteiger partial charge < -0.3 is 13.8 Å². The molecule has 0 aromatic heterocycles. The molecule has 10 heteroatoms. The van der Waals surface area contributed by atoms with Crippen LogP contribution in [0.1, 0.15) is 30.5 Å². The van der Waals surface area contributed by atoms with Crippen LogP contribution in [0.5, 0.6) is 0 Å². The first kappa shape index (κ1) is 24.3. The lowest BCUT2D eigenvalue weighted by molar-refractivity contribution is -0.206. The fraction of sp³-hybridized carbons (Fsp3) is 0.409. The number of alkyl halides is 3. The normalized spacial score (nSPS) is 18.8. The van der Waals surface area contributed by atoms with Crippen molar-refractivity contribution in [3.05, 3.63) is 71.3 Å². The topological polar surface area (TPSA) is 65.1 Å². The fourth-order valence-electron chi connectivity index (χ4n) is 3.80. The summed E-state index contributed by atoms with van der Waals surface area (Å²) in [6.07, 6.45) is -7.16. The van der Waals surface area contributed by atoms with Gasteiger partial charge in [0.25, 0.3) is 0 Å². The molecule has 1 aliphatic heterocycles. The molecule has 6 nitrogen and oxygen atoms in total. The lowest BCUT2D eigenvalue weighted by Crippen LogP contribution is -2.63. The maximum absolute atomic E-state index is 14.8. The molecule has 0 saturated heterocycles. The van der Waals surface area contributed by atoms with Crippen LogP contribution in [0.3, 0.4) is 0 Å². The minimum Gasteiger partial charge on any atom is -0.445 e. The number of fused-ring (bicyclic) bond motifs is 1. The predicted molar refractivity (Wildman–Crippen MR) is 112 cm³/mol. The standard InChI is InChI=1S/C22H25F3NO5P/c1-3-30-32(28,31-4-2)21(22(23,24)25)14-18-12-8-9-13-19(18)15-26(21)20(27)29-16-17-10-6-5-7-11-17/h5-13H,3-4,14-16H2,1-2H3. The smallest absolute Gasteiger partial charge is 0.423 e. The number of hydrogen-bond donors (Lipinski definition) is 0. The molecule has 174 valence electrons. The van der Waals surface area contributed by atoms with E-state index in [0.717, 1.165) is 0 Å². The molecule has 0 bridgehead atoms. The molecule has 1 atom stereocenters. The number of benzene rings is 2. The van der Waals surface area contributed by atoms with E-state index in [9.17, 15) is 22.5 Å². The van der Waals surface area contributed by atoms with Crippen molar-refractivity contribution in [1.29, 1.82) is 0 Å². The quantitative estimate of drug-likeness (QED) is 0.470. The van der Waals surface area contributed by atoms with Gasteiger partial charge >= 0.3 is 19.9 Å². The highest BCUT2D eigenvalue weighted by Crippen LogP contribution is 2.69. The Kier molecular flexibility index (Phi) is 7.32. The molecule has 1 unspecified atom stereocenters. The van der Waals surface area contributed by atoms with Crippen molar-refractivity contribution in [1.82, 2.24) is 4.90 Å². The Morgan fingerprint density at radius 3 is 2.12 bits per heavy atom. The highest BCUT2D eigenvalue weighted by atomic mass is 31.2. The van der Waals surface area contributed by atoms with Gasteiger partial charge in [0.05, 0.1) is 19.8 Å². The highest BCUT2D eigenvalue weighted by molar-refractivity contribution is 7.55. The summed E-state index contributed by atoms with van der Waals surface area (Å²) in [5.41, 5.74) is 1.42. The third-order valence-electron chi connectivity index (χ3n) is 5.26. The van der Waals surface area contributed by atoms with Crippen LogP contribution >= 0.6 is 7.60 Å². The van der Waals surface area contributed by atoms with Crippen molar-refractivity contribution in [2.75, 3.05) is 13.2 Å². The van der Waals surface area contributed by atoms with Crippen LogP contribution in [0.15, 0.2) is 54.6 Å². The summed E-state index contributed by atoms with van der Waals surface area (Å²) in [6.45, 7) is 1.58. The number of ether oxygens (including phenoxy) is 1. The Morgan fingerprint density at radius 1 is 1.00 bits per heavy atom. The van der Waals surface area contributed by atoms with Gasteiger partial charge in [-0.1, -0.05) is 54.6 Å². The maximum atomic E-state index is 14.8. The zero-order valence-corrected chi connectivity index (χ0v) is 18.7. The zero-order valence-electron chi connectivity index (χ0n) is 17.8. The second kappa shape index (κ2) is 9.65. The van der Waals surface area contributed by atoms with E-state index in [1.807, 2.05) is 0 Å². The first-order valence-electron chi connectivity index (χ1n) is 10.2. The third kappa shape index (κ3) is 4.42. The van der Waals surface area contributed by atoms with Gasteiger partial charge in [-0.25, -0.2) is 4.79 Å². The molecule has 1 heterocycles. The Balaban J connectivity index is 2.11. The van der Waals surface area contributed by atoms with E-state index in [4.69, 9.17) is 13.8 Å². The average molecular weight is 471 g/mol. The summed E-state index contributed by atoms with van der Waals surface area (Å²) in [6, 6.07) is 15.0. The SMILES string of the molecule is CCOP(=O)(OCC)C1(C(F)(F)F)Cc2ccccc2CN1C(=O)OCc1ccccc1. The van der Waals surface area contributed by atoms with E-state index >= 15 is 0 Å². The molecule has 1 amide bonds. The summed E-state index contributed by atoms with van der Waals surface area (Å²) >= 11 is 0. The molecular weight excluding hydrogens is 446 g/mol. The number of amides is 1. The first-order chi connectivity index (χ1) is 15.2. The fourth-order valence-corrected chi connectivity index (χ4v) is 6.11. The van der Waals surface area contributed by atoms with Crippen LogP contribution < -0.4 is 0 Å². The summed E-state index contributed by atoms with van der Waals surface area (Å²) in [4.78, 5) is 13.5. The van der Waals surface area contributed by atoms with Crippen LogP contribution in [-0.2, 0) is 37.9 Å². The number of hydrogen-bond acceptors (Lipinski definition) is 5. The zero-order chi connectivity index (χ0) is 23.4. The van der Waals surface area contributed by atoms with Gasteiger partial charge in [-0.2, -0.15) is 13.2 Å². The van der Waals surface area contributed by atoms with Crippen LogP contribution in [0.2, 0.25) is 0 Å². The van der Waals surface area contributed by atoms with Crippen LogP contribution in [0, 0.1) is 0 Å². The number of halogens is 3. The van der Waals surface area contributed by atoms with Crippen LogP contribution in [-0.4, -0.2) is 35.7 Å². The van der Waals surface area contributed by atoms with Crippen molar-refractivity contribution in [2.24, 2.45) is 0 Å². The Labute approximate surface area is 184 Å². The molecule has 2 aromatic carbocycles. The van der Waals surface area contributed by atoms with Gasteiger partial charge in [-0.3, -0.25) is 9.46 Å². The number of nitrogens with zero attached hydrogens (tertiary/aromatic N) is 1. The Hall–Kier alpha value is -2.35. The summed E-state index contributed by atoms with van der Waals surface area (Å²) in [5.74, 6) is 0. The molecular formula is C22H25F3NO5P. The Bertz CT molecular complexity index is 975. The molecule has 0 spiro atoms. The summed E-state index contributed by atoms with van der Waals surface area (Å²) < 4.78 is 73.8. The van der Waals surface area contributed by atoms with Crippen LogP contribution in [0.25, 0.3) is 0 Å². The molecule has 0 fully saturated rings.